The maximum Gasteiger partial charge on any atom is 0.305 e. The van der Waals surface area contributed by atoms with Crippen LogP contribution in [-0.2, 0) is 9.53 Å². The molecule has 0 bridgehead atoms. The third-order valence-electron chi connectivity index (χ3n) is 4.38. The average Bonchev–Trinajstić information content (AvgIpc) is 2.52. The number of hydrogen-bond acceptors (Lipinski definition) is 3. The Morgan fingerprint density at radius 1 is 1.36 bits per heavy atom. The van der Waals surface area contributed by atoms with Gasteiger partial charge in [-0.05, 0) is 24.4 Å². The quantitative estimate of drug-likeness (QED) is 0.239. The molecule has 0 aliphatic carbocycles. The molecular weight excluding hydrogens is 294 g/mol. The number of rotatable bonds is 8. The largest absolute Gasteiger partial charge is 0.466 e. The van der Waals surface area contributed by atoms with Gasteiger partial charge in [0.2, 0.25) is 0 Å². The van der Waals surface area contributed by atoms with Crippen molar-refractivity contribution in [2.75, 3.05) is 6.61 Å². The van der Waals surface area contributed by atoms with Gasteiger partial charge in [0.05, 0.1) is 14.7 Å². The zero-order valence-electron chi connectivity index (χ0n) is 13.8. The van der Waals surface area contributed by atoms with Gasteiger partial charge in [-0.1, -0.05) is 60.7 Å². The zero-order chi connectivity index (χ0) is 16.6. The maximum atomic E-state index is 11.5. The van der Waals surface area contributed by atoms with Crippen LogP contribution in [0.5, 0.6) is 0 Å². The van der Waals surface area contributed by atoms with E-state index in [1.807, 2.05) is 18.2 Å². The van der Waals surface area contributed by atoms with Crippen LogP contribution in [0.25, 0.3) is 10.4 Å². The van der Waals surface area contributed by atoms with E-state index >= 15 is 0 Å². The molecule has 0 unspecified atom stereocenters. The normalized spacial score (nSPS) is 13.8. The molecule has 22 heavy (non-hydrogen) atoms. The predicted octanol–water partition coefficient (Wildman–Crippen LogP) is 4.01. The highest BCUT2D eigenvalue weighted by Crippen LogP contribution is 2.30. The van der Waals surface area contributed by atoms with Crippen LogP contribution >= 0.6 is 0 Å². The molecule has 0 fully saturated rings. The van der Waals surface area contributed by atoms with Gasteiger partial charge < -0.3 is 4.74 Å². The summed E-state index contributed by atoms with van der Waals surface area (Å²) in [5, 5.41) is 5.29. The lowest BCUT2D eigenvalue weighted by atomic mass is 10.1. The van der Waals surface area contributed by atoms with Crippen molar-refractivity contribution in [3.63, 3.8) is 0 Å². The summed E-state index contributed by atoms with van der Waals surface area (Å²) in [6.07, 6.45) is 0.828. The molecule has 0 aliphatic rings. The van der Waals surface area contributed by atoms with Crippen LogP contribution in [0.2, 0.25) is 18.6 Å². The van der Waals surface area contributed by atoms with Gasteiger partial charge in [-0.2, -0.15) is 0 Å². The standard InChI is InChI=1S/C16H25N3O2Si/c1-5-21-16(20)12-11-15(18-19-17)13(2)22(3,4)14-9-7-6-8-10-14/h6-10,13,15H,5,11-12H2,1-4H3/t13-,15+/m0/s1. The monoisotopic (exact) mass is 319 g/mol. The molecule has 0 N–H and O–H groups in total. The molecular formula is C16H25N3O2Si. The van der Waals surface area contributed by atoms with Crippen molar-refractivity contribution in [2.24, 2.45) is 5.11 Å². The first kappa shape index (κ1) is 18.3. The molecule has 0 amide bonds. The third kappa shape index (κ3) is 4.89. The van der Waals surface area contributed by atoms with Gasteiger partial charge in [-0.3, -0.25) is 4.79 Å². The number of esters is 1. The molecule has 1 aromatic carbocycles. The number of ether oxygens (including phenoxy) is 1. The second-order valence-electron chi connectivity index (χ2n) is 5.99. The summed E-state index contributed by atoms with van der Waals surface area (Å²) in [7, 11) is -1.79. The minimum atomic E-state index is -1.79. The van der Waals surface area contributed by atoms with Gasteiger partial charge in [-0.25, -0.2) is 0 Å². The minimum Gasteiger partial charge on any atom is -0.466 e. The molecule has 6 heteroatoms. The Bertz CT molecular complexity index is 527. The number of carbonyl (C=O) groups excluding carboxylic acids is 1. The van der Waals surface area contributed by atoms with Gasteiger partial charge in [0.1, 0.15) is 0 Å². The highest BCUT2D eigenvalue weighted by molar-refractivity contribution is 6.91. The van der Waals surface area contributed by atoms with E-state index in [2.05, 4.69) is 42.2 Å². The van der Waals surface area contributed by atoms with Crippen LogP contribution in [0, 0.1) is 0 Å². The fourth-order valence-electron chi connectivity index (χ4n) is 2.58. The molecule has 2 atom stereocenters. The van der Waals surface area contributed by atoms with E-state index in [0.29, 0.717) is 19.4 Å². The third-order valence-corrected chi connectivity index (χ3v) is 8.87. The highest BCUT2D eigenvalue weighted by atomic mass is 28.3. The lowest BCUT2D eigenvalue weighted by Gasteiger charge is -2.34. The van der Waals surface area contributed by atoms with Crippen molar-refractivity contribution < 1.29 is 9.53 Å². The molecule has 1 aromatic rings. The Morgan fingerprint density at radius 3 is 2.55 bits per heavy atom. The number of hydrogen-bond donors (Lipinski definition) is 0. The van der Waals surface area contributed by atoms with Crippen molar-refractivity contribution in [3.8, 4) is 0 Å². The van der Waals surface area contributed by atoms with Crippen LogP contribution in [0.15, 0.2) is 35.4 Å². The lowest BCUT2D eigenvalue weighted by molar-refractivity contribution is -0.143. The van der Waals surface area contributed by atoms with Crippen molar-refractivity contribution in [3.05, 3.63) is 40.8 Å². The summed E-state index contributed by atoms with van der Waals surface area (Å²) in [4.78, 5) is 14.5. The Morgan fingerprint density at radius 2 is 2.00 bits per heavy atom. The van der Waals surface area contributed by atoms with Crippen LogP contribution in [0.1, 0.15) is 26.7 Å². The number of benzene rings is 1. The molecule has 0 radical (unpaired) electrons. The Kier molecular flexibility index (Phi) is 7.15. The van der Waals surface area contributed by atoms with E-state index in [4.69, 9.17) is 10.3 Å². The fourth-order valence-corrected chi connectivity index (χ4v) is 5.36. The van der Waals surface area contributed by atoms with Crippen molar-refractivity contribution >= 4 is 19.2 Å². The molecule has 5 nitrogen and oxygen atoms in total. The molecule has 0 saturated carbocycles. The van der Waals surface area contributed by atoms with Crippen molar-refractivity contribution in [1.82, 2.24) is 0 Å². The SMILES string of the molecule is CCOC(=O)CC[C@@H](N=[N+]=[N-])[C@H](C)[Si](C)(C)c1ccccc1. The molecule has 0 saturated heterocycles. The van der Waals surface area contributed by atoms with Gasteiger partial charge >= 0.3 is 5.97 Å². The molecule has 0 spiro atoms. The summed E-state index contributed by atoms with van der Waals surface area (Å²) < 4.78 is 4.96. The van der Waals surface area contributed by atoms with Crippen LogP contribution in [-0.4, -0.2) is 26.7 Å². The Hall–Kier alpha value is -1.78. The minimum absolute atomic E-state index is 0.184. The number of carbonyl (C=O) groups is 1. The second kappa shape index (κ2) is 8.61. The van der Waals surface area contributed by atoms with E-state index in [0.717, 1.165) is 0 Å². The number of nitrogens with zero attached hydrogens (tertiary/aromatic N) is 3. The van der Waals surface area contributed by atoms with Crippen molar-refractivity contribution in [1.29, 1.82) is 0 Å². The van der Waals surface area contributed by atoms with Crippen molar-refractivity contribution in [2.45, 2.75) is 51.4 Å². The highest BCUT2D eigenvalue weighted by Gasteiger charge is 2.35. The zero-order valence-corrected chi connectivity index (χ0v) is 14.8. The maximum absolute atomic E-state index is 11.5. The van der Waals surface area contributed by atoms with E-state index in [-0.39, 0.29) is 17.6 Å². The van der Waals surface area contributed by atoms with Crippen LogP contribution < -0.4 is 5.19 Å². The van der Waals surface area contributed by atoms with E-state index in [9.17, 15) is 4.79 Å². The first-order valence-electron chi connectivity index (χ1n) is 7.68. The summed E-state index contributed by atoms with van der Waals surface area (Å²) in [5.41, 5.74) is 9.08. The molecule has 0 aliphatic heterocycles. The van der Waals surface area contributed by atoms with E-state index in [1.54, 1.807) is 6.92 Å². The Labute approximate surface area is 133 Å². The molecule has 0 heterocycles. The summed E-state index contributed by atoms with van der Waals surface area (Å²) in [5.74, 6) is -0.230. The van der Waals surface area contributed by atoms with Crippen LogP contribution in [0.4, 0.5) is 0 Å². The summed E-state index contributed by atoms with van der Waals surface area (Å²) in [6.45, 7) is 8.85. The van der Waals surface area contributed by atoms with Gasteiger partial charge in [-0.15, -0.1) is 0 Å². The fraction of sp³-hybridized carbons (Fsp3) is 0.562. The van der Waals surface area contributed by atoms with Crippen LogP contribution in [0.3, 0.4) is 0 Å². The second-order valence-corrected chi connectivity index (χ2v) is 10.9. The smallest absolute Gasteiger partial charge is 0.305 e. The van der Waals surface area contributed by atoms with Gasteiger partial charge in [0.25, 0.3) is 0 Å². The number of azide groups is 1. The van der Waals surface area contributed by atoms with E-state index < -0.39 is 8.07 Å². The Balaban J connectivity index is 2.86. The summed E-state index contributed by atoms with van der Waals surface area (Å²) in [6, 6.07) is 10.2. The summed E-state index contributed by atoms with van der Waals surface area (Å²) >= 11 is 0. The lowest BCUT2D eigenvalue weighted by Crippen LogP contribution is -2.48. The topological polar surface area (TPSA) is 75.1 Å². The first-order valence-corrected chi connectivity index (χ1v) is 10.8. The average molecular weight is 319 g/mol. The molecule has 120 valence electrons. The first-order chi connectivity index (χ1) is 10.4. The molecule has 0 aromatic heterocycles. The van der Waals surface area contributed by atoms with E-state index in [1.165, 1.54) is 5.19 Å². The van der Waals surface area contributed by atoms with Gasteiger partial charge in [0, 0.05) is 17.4 Å². The predicted molar refractivity (Wildman–Crippen MR) is 91.8 cm³/mol. The van der Waals surface area contributed by atoms with Gasteiger partial charge in [0.15, 0.2) is 0 Å². The molecule has 1 rings (SSSR count).